The van der Waals surface area contributed by atoms with E-state index in [9.17, 15) is 0 Å². The predicted molar refractivity (Wildman–Crippen MR) is 91.2 cm³/mol. The molecule has 0 radical (unpaired) electrons. The van der Waals surface area contributed by atoms with Crippen LogP contribution in [0.5, 0.6) is 0 Å². The van der Waals surface area contributed by atoms with Crippen molar-refractivity contribution in [3.63, 3.8) is 0 Å². The molecule has 0 unspecified atom stereocenters. The van der Waals surface area contributed by atoms with Gasteiger partial charge in [-0.05, 0) is 63.6 Å². The highest BCUT2D eigenvalue weighted by molar-refractivity contribution is 9.11. The Kier molecular flexibility index (Phi) is 4.60. The summed E-state index contributed by atoms with van der Waals surface area (Å²) in [6, 6.07) is 8.32. The van der Waals surface area contributed by atoms with Gasteiger partial charge in [0.05, 0.1) is 3.79 Å². The monoisotopic (exact) mass is 354 g/mol. The summed E-state index contributed by atoms with van der Waals surface area (Å²) in [7, 11) is 2.08. The van der Waals surface area contributed by atoms with Crippen LogP contribution in [0.15, 0.2) is 33.4 Å². The first-order valence-corrected chi connectivity index (χ1v) is 7.90. The number of benzene rings is 1. The molecule has 0 aliphatic heterocycles. The molecule has 1 aromatic heterocycles. The van der Waals surface area contributed by atoms with Crippen LogP contribution in [-0.4, -0.2) is 12.0 Å². The van der Waals surface area contributed by atoms with Crippen molar-refractivity contribution in [1.29, 1.82) is 0 Å². The summed E-state index contributed by atoms with van der Waals surface area (Å²) in [5.74, 6) is 0. The van der Waals surface area contributed by atoms with E-state index in [1.165, 1.54) is 11.3 Å². The van der Waals surface area contributed by atoms with Gasteiger partial charge in [-0.15, -0.1) is 11.3 Å². The van der Waals surface area contributed by atoms with E-state index in [1.54, 1.807) is 11.3 Å². The standard InChI is InChI=1S/C14H15BrN2S2/c1-9-5-11(3-4-12(9)14(16)18)17(2)7-10-6-13(15)19-8-10/h3-6,8H,7H2,1-2H3,(H2,16,18). The maximum Gasteiger partial charge on any atom is 0.104 e. The summed E-state index contributed by atoms with van der Waals surface area (Å²) in [5.41, 5.74) is 10.2. The number of aryl methyl sites for hydroxylation is 1. The number of thiocarbonyl (C=S) groups is 1. The molecule has 0 atom stereocenters. The Labute approximate surface area is 131 Å². The summed E-state index contributed by atoms with van der Waals surface area (Å²) < 4.78 is 1.16. The molecule has 0 spiro atoms. The molecule has 0 saturated carbocycles. The summed E-state index contributed by atoms with van der Waals surface area (Å²) >= 11 is 10.2. The molecule has 0 aliphatic carbocycles. The highest BCUT2D eigenvalue weighted by atomic mass is 79.9. The molecule has 0 amide bonds. The number of halogens is 1. The average Bonchev–Trinajstić information content (AvgIpc) is 2.74. The van der Waals surface area contributed by atoms with Crippen LogP contribution in [0.2, 0.25) is 0 Å². The highest BCUT2D eigenvalue weighted by Gasteiger charge is 2.07. The third-order valence-electron chi connectivity index (χ3n) is 2.96. The molecule has 2 aromatic rings. The second-order valence-electron chi connectivity index (χ2n) is 4.48. The smallest absolute Gasteiger partial charge is 0.104 e. The summed E-state index contributed by atoms with van der Waals surface area (Å²) in [5, 5.41) is 2.16. The molecule has 2 N–H and O–H groups in total. The average molecular weight is 355 g/mol. The van der Waals surface area contributed by atoms with E-state index in [4.69, 9.17) is 18.0 Å². The van der Waals surface area contributed by atoms with Crippen LogP contribution < -0.4 is 10.6 Å². The van der Waals surface area contributed by atoms with Crippen molar-refractivity contribution in [3.8, 4) is 0 Å². The van der Waals surface area contributed by atoms with Crippen LogP contribution in [0.4, 0.5) is 5.69 Å². The molecule has 1 heterocycles. The first-order chi connectivity index (χ1) is 8.97. The van der Waals surface area contributed by atoms with Gasteiger partial charge < -0.3 is 10.6 Å². The number of nitrogens with two attached hydrogens (primary N) is 1. The molecule has 0 fully saturated rings. The van der Waals surface area contributed by atoms with Crippen molar-refractivity contribution < 1.29 is 0 Å². The molecule has 2 rings (SSSR count). The topological polar surface area (TPSA) is 29.3 Å². The van der Waals surface area contributed by atoms with E-state index in [0.29, 0.717) is 4.99 Å². The van der Waals surface area contributed by atoms with Crippen LogP contribution in [0, 0.1) is 6.92 Å². The minimum absolute atomic E-state index is 0.452. The van der Waals surface area contributed by atoms with Gasteiger partial charge in [0, 0.05) is 24.8 Å². The molecule has 2 nitrogen and oxygen atoms in total. The zero-order valence-corrected chi connectivity index (χ0v) is 14.0. The molecule has 1 aromatic carbocycles. The van der Waals surface area contributed by atoms with Gasteiger partial charge in [0.2, 0.25) is 0 Å². The lowest BCUT2D eigenvalue weighted by molar-refractivity contribution is 0.926. The largest absolute Gasteiger partial charge is 0.389 e. The Morgan fingerprint density at radius 1 is 1.42 bits per heavy atom. The number of nitrogens with zero attached hydrogens (tertiary/aromatic N) is 1. The van der Waals surface area contributed by atoms with Crippen LogP contribution in [-0.2, 0) is 6.54 Å². The molecule has 19 heavy (non-hydrogen) atoms. The van der Waals surface area contributed by atoms with Gasteiger partial charge in [-0.25, -0.2) is 0 Å². The number of rotatable bonds is 4. The van der Waals surface area contributed by atoms with E-state index in [2.05, 4.69) is 51.5 Å². The van der Waals surface area contributed by atoms with Gasteiger partial charge in [-0.2, -0.15) is 0 Å². The van der Waals surface area contributed by atoms with Crippen molar-refractivity contribution >= 4 is 50.2 Å². The van der Waals surface area contributed by atoms with E-state index in [-0.39, 0.29) is 0 Å². The van der Waals surface area contributed by atoms with Crippen molar-refractivity contribution in [2.45, 2.75) is 13.5 Å². The van der Waals surface area contributed by atoms with Crippen LogP contribution in [0.3, 0.4) is 0 Å². The number of hydrogen-bond acceptors (Lipinski definition) is 3. The lowest BCUT2D eigenvalue weighted by atomic mass is 10.1. The van der Waals surface area contributed by atoms with Crippen molar-refractivity contribution in [2.75, 3.05) is 11.9 Å². The normalized spacial score (nSPS) is 10.5. The molecular weight excluding hydrogens is 340 g/mol. The van der Waals surface area contributed by atoms with Crippen LogP contribution in [0.25, 0.3) is 0 Å². The van der Waals surface area contributed by atoms with E-state index in [0.717, 1.165) is 21.5 Å². The predicted octanol–water partition coefficient (Wildman–Crippen LogP) is 4.09. The molecule has 100 valence electrons. The zero-order chi connectivity index (χ0) is 14.0. The molecule has 0 aliphatic rings. The molecule has 0 bridgehead atoms. The number of anilines is 1. The maximum atomic E-state index is 5.68. The third-order valence-corrected chi connectivity index (χ3v) is 4.73. The second-order valence-corrected chi connectivity index (χ2v) is 7.21. The van der Waals surface area contributed by atoms with Gasteiger partial charge in [0.15, 0.2) is 0 Å². The fourth-order valence-corrected chi connectivity index (χ4v) is 3.38. The highest BCUT2D eigenvalue weighted by Crippen LogP contribution is 2.24. The van der Waals surface area contributed by atoms with Gasteiger partial charge in [-0.3, -0.25) is 0 Å². The van der Waals surface area contributed by atoms with E-state index < -0.39 is 0 Å². The Morgan fingerprint density at radius 3 is 2.68 bits per heavy atom. The van der Waals surface area contributed by atoms with E-state index >= 15 is 0 Å². The SMILES string of the molecule is Cc1cc(N(C)Cc2csc(Br)c2)ccc1C(N)=S. The van der Waals surface area contributed by atoms with E-state index in [1.807, 2.05) is 13.0 Å². The maximum absolute atomic E-state index is 5.68. The molecule has 0 saturated heterocycles. The van der Waals surface area contributed by atoms with Gasteiger partial charge in [0.25, 0.3) is 0 Å². The third kappa shape index (κ3) is 3.55. The Hall–Kier alpha value is -0.910. The summed E-state index contributed by atoms with van der Waals surface area (Å²) in [6.45, 7) is 2.92. The number of thiophene rings is 1. The lowest BCUT2D eigenvalue weighted by Gasteiger charge is -2.20. The first kappa shape index (κ1) is 14.5. The molecular formula is C14H15BrN2S2. The first-order valence-electron chi connectivity index (χ1n) is 5.82. The minimum Gasteiger partial charge on any atom is -0.389 e. The van der Waals surface area contributed by atoms with Crippen molar-refractivity contribution in [2.24, 2.45) is 5.73 Å². The lowest BCUT2D eigenvalue weighted by Crippen LogP contribution is -2.17. The fourth-order valence-electron chi connectivity index (χ4n) is 1.96. The van der Waals surface area contributed by atoms with Crippen molar-refractivity contribution in [1.82, 2.24) is 0 Å². The van der Waals surface area contributed by atoms with Gasteiger partial charge in [0.1, 0.15) is 4.99 Å². The Balaban J connectivity index is 2.17. The summed E-state index contributed by atoms with van der Waals surface area (Å²) in [4.78, 5) is 2.67. The molecule has 5 heteroatoms. The van der Waals surface area contributed by atoms with Gasteiger partial charge in [-0.1, -0.05) is 12.2 Å². The Bertz CT molecular complexity index is 607. The van der Waals surface area contributed by atoms with Crippen LogP contribution >= 0.6 is 39.5 Å². The van der Waals surface area contributed by atoms with Crippen LogP contribution in [0.1, 0.15) is 16.7 Å². The number of hydrogen-bond donors (Lipinski definition) is 1. The quantitative estimate of drug-likeness (QED) is 0.838. The minimum atomic E-state index is 0.452. The zero-order valence-electron chi connectivity index (χ0n) is 10.8. The Morgan fingerprint density at radius 2 is 2.16 bits per heavy atom. The fraction of sp³-hybridized carbons (Fsp3) is 0.214. The van der Waals surface area contributed by atoms with Crippen molar-refractivity contribution in [3.05, 3.63) is 50.1 Å². The second kappa shape index (κ2) is 6.03. The van der Waals surface area contributed by atoms with Gasteiger partial charge >= 0.3 is 0 Å². The summed E-state index contributed by atoms with van der Waals surface area (Å²) in [6.07, 6.45) is 0.